The normalized spacial score (nSPS) is 10.8. The van der Waals surface area contributed by atoms with Crippen molar-refractivity contribution in [2.75, 3.05) is 0 Å². The molecule has 0 aliphatic heterocycles. The third kappa shape index (κ3) is 4.44. The highest BCUT2D eigenvalue weighted by atomic mass is 35.5. The monoisotopic (exact) mass is 370 g/mol. The van der Waals surface area contributed by atoms with Crippen LogP contribution in [0.5, 0.6) is 5.75 Å². The van der Waals surface area contributed by atoms with E-state index in [-0.39, 0.29) is 0 Å². The minimum atomic E-state index is -0.475. The first-order chi connectivity index (χ1) is 12.1. The number of hydrogen-bond donors (Lipinski definition) is 0. The molecule has 1 heterocycles. The molecule has 0 N–H and O–H groups in total. The van der Waals surface area contributed by atoms with Gasteiger partial charge in [-0.3, -0.25) is 4.99 Å². The number of hydrogen-bond acceptors (Lipinski definition) is 4. The number of rotatable bonds is 4. The molecular weight excluding hydrogens is 359 g/mol. The number of esters is 1. The van der Waals surface area contributed by atoms with Crippen LogP contribution < -0.4 is 4.74 Å². The molecule has 3 aromatic rings. The van der Waals surface area contributed by atoms with Gasteiger partial charge in [0.1, 0.15) is 11.4 Å². The lowest BCUT2D eigenvalue weighted by Gasteiger charge is -2.07. The van der Waals surface area contributed by atoms with Crippen molar-refractivity contribution in [1.29, 1.82) is 0 Å². The van der Waals surface area contributed by atoms with Crippen LogP contribution in [0.2, 0.25) is 10.2 Å². The zero-order valence-corrected chi connectivity index (χ0v) is 14.4. The molecular formula is C19H12Cl2N2O2. The summed E-state index contributed by atoms with van der Waals surface area (Å²) < 4.78 is 5.47. The van der Waals surface area contributed by atoms with E-state index in [1.807, 2.05) is 6.07 Å². The molecule has 4 nitrogen and oxygen atoms in total. The Morgan fingerprint density at radius 3 is 2.52 bits per heavy atom. The van der Waals surface area contributed by atoms with Crippen LogP contribution in [0, 0.1) is 0 Å². The lowest BCUT2D eigenvalue weighted by molar-refractivity contribution is 0.0734. The first-order valence-electron chi connectivity index (χ1n) is 7.35. The fourth-order valence-electron chi connectivity index (χ4n) is 2.04. The van der Waals surface area contributed by atoms with Crippen LogP contribution in [0.1, 0.15) is 15.9 Å². The second-order valence-corrected chi connectivity index (χ2v) is 5.80. The Morgan fingerprint density at radius 2 is 1.76 bits per heavy atom. The van der Waals surface area contributed by atoms with Crippen LogP contribution in [0.15, 0.2) is 71.9 Å². The maximum atomic E-state index is 12.3. The number of halogens is 2. The summed E-state index contributed by atoms with van der Waals surface area (Å²) in [6.45, 7) is 0. The van der Waals surface area contributed by atoms with E-state index in [0.717, 1.165) is 0 Å². The molecule has 0 aliphatic rings. The van der Waals surface area contributed by atoms with Gasteiger partial charge >= 0.3 is 5.97 Å². The van der Waals surface area contributed by atoms with E-state index in [4.69, 9.17) is 27.9 Å². The lowest BCUT2D eigenvalue weighted by Crippen LogP contribution is -2.09. The molecule has 0 fully saturated rings. The summed E-state index contributed by atoms with van der Waals surface area (Å²) in [5.41, 5.74) is 1.58. The second-order valence-electron chi connectivity index (χ2n) is 5.01. The standard InChI is InChI=1S/C19H12Cl2N2O2/c20-15-9-7-13(8-10-15)19(24)25-17-6-2-1-4-14(17)12-23-16-5-3-11-22-18(16)21/h1-12H. The van der Waals surface area contributed by atoms with Crippen LogP contribution in [0.4, 0.5) is 5.69 Å². The Bertz CT molecular complexity index is 925. The third-order valence-corrected chi connectivity index (χ3v) is 3.83. The topological polar surface area (TPSA) is 51.5 Å². The van der Waals surface area contributed by atoms with Crippen molar-refractivity contribution < 1.29 is 9.53 Å². The maximum Gasteiger partial charge on any atom is 0.343 e. The molecule has 0 aliphatic carbocycles. The SMILES string of the molecule is O=C(Oc1ccccc1C=Nc1cccnc1Cl)c1ccc(Cl)cc1. The Morgan fingerprint density at radius 1 is 1.00 bits per heavy atom. The van der Waals surface area contributed by atoms with Crippen LogP contribution in [0.25, 0.3) is 0 Å². The molecule has 0 saturated carbocycles. The number of carbonyl (C=O) groups is 1. The number of aliphatic imine (C=N–C) groups is 1. The highest BCUT2D eigenvalue weighted by molar-refractivity contribution is 6.31. The van der Waals surface area contributed by atoms with Crippen molar-refractivity contribution in [2.45, 2.75) is 0 Å². The van der Waals surface area contributed by atoms with Crippen molar-refractivity contribution in [3.63, 3.8) is 0 Å². The van der Waals surface area contributed by atoms with E-state index >= 15 is 0 Å². The first-order valence-corrected chi connectivity index (χ1v) is 8.10. The van der Waals surface area contributed by atoms with Gasteiger partial charge in [-0.05, 0) is 48.5 Å². The number of aromatic nitrogens is 1. The number of pyridine rings is 1. The summed E-state index contributed by atoms with van der Waals surface area (Å²) in [5, 5.41) is 0.854. The Kier molecular flexibility index (Phi) is 5.43. The minimum absolute atomic E-state index is 0.300. The Labute approximate surface area is 154 Å². The van der Waals surface area contributed by atoms with E-state index in [0.29, 0.717) is 32.7 Å². The van der Waals surface area contributed by atoms with Crippen molar-refractivity contribution in [3.05, 3.63) is 88.2 Å². The fourth-order valence-corrected chi connectivity index (χ4v) is 2.33. The predicted molar refractivity (Wildman–Crippen MR) is 99.4 cm³/mol. The predicted octanol–water partition coefficient (Wildman–Crippen LogP) is 5.36. The van der Waals surface area contributed by atoms with Gasteiger partial charge in [-0.25, -0.2) is 9.78 Å². The molecule has 1 aromatic heterocycles. The van der Waals surface area contributed by atoms with E-state index in [2.05, 4.69) is 9.98 Å². The third-order valence-electron chi connectivity index (χ3n) is 3.28. The number of ether oxygens (including phenoxy) is 1. The average molecular weight is 371 g/mol. The summed E-state index contributed by atoms with van der Waals surface area (Å²) in [7, 11) is 0. The van der Waals surface area contributed by atoms with Gasteiger partial charge in [-0.15, -0.1) is 0 Å². The molecule has 0 amide bonds. The molecule has 0 bridgehead atoms. The van der Waals surface area contributed by atoms with Crippen molar-refractivity contribution in [2.24, 2.45) is 4.99 Å². The lowest BCUT2D eigenvalue weighted by atomic mass is 10.2. The van der Waals surface area contributed by atoms with Crippen LogP contribution in [0.3, 0.4) is 0 Å². The smallest absolute Gasteiger partial charge is 0.343 e. The highest BCUT2D eigenvalue weighted by Crippen LogP contribution is 2.23. The summed E-state index contributed by atoms with van der Waals surface area (Å²) in [5.74, 6) is -0.0804. The van der Waals surface area contributed by atoms with Gasteiger partial charge in [0, 0.05) is 23.0 Å². The maximum absolute atomic E-state index is 12.3. The van der Waals surface area contributed by atoms with Crippen LogP contribution in [-0.2, 0) is 0 Å². The quantitative estimate of drug-likeness (QED) is 0.269. The van der Waals surface area contributed by atoms with Crippen molar-refractivity contribution >= 4 is 41.1 Å². The van der Waals surface area contributed by atoms with Gasteiger partial charge in [-0.1, -0.05) is 35.3 Å². The molecule has 25 heavy (non-hydrogen) atoms. The van der Waals surface area contributed by atoms with Crippen molar-refractivity contribution in [1.82, 2.24) is 4.98 Å². The van der Waals surface area contributed by atoms with Crippen LogP contribution >= 0.6 is 23.2 Å². The average Bonchev–Trinajstić information content (AvgIpc) is 2.62. The van der Waals surface area contributed by atoms with Gasteiger partial charge < -0.3 is 4.74 Å². The summed E-state index contributed by atoms with van der Waals surface area (Å²) in [4.78, 5) is 20.5. The van der Waals surface area contributed by atoms with Gasteiger partial charge in [0.2, 0.25) is 0 Å². The van der Waals surface area contributed by atoms with Gasteiger partial charge in [0.05, 0.1) is 5.56 Å². The molecule has 0 unspecified atom stereocenters. The number of carbonyl (C=O) groups excluding carboxylic acids is 1. The van der Waals surface area contributed by atoms with Gasteiger partial charge in [0.25, 0.3) is 0 Å². The number of nitrogens with zero attached hydrogens (tertiary/aromatic N) is 2. The molecule has 6 heteroatoms. The van der Waals surface area contributed by atoms with E-state index in [1.54, 1.807) is 67.0 Å². The molecule has 0 atom stereocenters. The Hall–Kier alpha value is -2.69. The largest absolute Gasteiger partial charge is 0.422 e. The van der Waals surface area contributed by atoms with Crippen LogP contribution in [-0.4, -0.2) is 17.2 Å². The van der Waals surface area contributed by atoms with Gasteiger partial charge in [-0.2, -0.15) is 0 Å². The Balaban J connectivity index is 1.82. The zero-order valence-electron chi connectivity index (χ0n) is 12.9. The number of benzene rings is 2. The first kappa shape index (κ1) is 17.1. The van der Waals surface area contributed by atoms with Gasteiger partial charge in [0.15, 0.2) is 5.15 Å². The molecule has 3 rings (SSSR count). The second kappa shape index (κ2) is 7.92. The summed E-state index contributed by atoms with van der Waals surface area (Å²) in [6, 6.07) is 17.1. The zero-order chi connectivity index (χ0) is 17.6. The molecule has 124 valence electrons. The number of para-hydroxylation sites is 1. The minimum Gasteiger partial charge on any atom is -0.422 e. The van der Waals surface area contributed by atoms with E-state index in [1.165, 1.54) is 0 Å². The molecule has 0 spiro atoms. The van der Waals surface area contributed by atoms with Crippen molar-refractivity contribution in [3.8, 4) is 5.75 Å². The summed E-state index contributed by atoms with van der Waals surface area (Å²) in [6.07, 6.45) is 3.16. The molecule has 0 saturated heterocycles. The summed E-state index contributed by atoms with van der Waals surface area (Å²) >= 11 is 11.8. The van der Waals surface area contributed by atoms with E-state index < -0.39 is 5.97 Å². The molecule has 2 aromatic carbocycles. The van der Waals surface area contributed by atoms with E-state index in [9.17, 15) is 4.79 Å². The molecule has 0 radical (unpaired) electrons. The fraction of sp³-hybridized carbons (Fsp3) is 0. The highest BCUT2D eigenvalue weighted by Gasteiger charge is 2.10.